The van der Waals surface area contributed by atoms with Gasteiger partial charge in [0.25, 0.3) is 0 Å². The standard InChI is InChI=1S/C32H36N4O4/c1-19-33-34-28(35(19)26-18-27-32(26)15-14-25(32)36(27)30(38)40-31(2,3)4)23-16-22(17-23)20-10-12-24(13-11-20)39-29(37)21-8-6-5-7-9-21/h5-13,22-23,25-27H,14-18H2,1-4H3. The molecule has 3 aliphatic carbocycles. The van der Waals surface area contributed by atoms with Crippen molar-refractivity contribution in [1.82, 2.24) is 19.7 Å². The highest BCUT2D eigenvalue weighted by Crippen LogP contribution is 2.73. The molecule has 0 radical (unpaired) electrons. The second-order valence-electron chi connectivity index (χ2n) is 13.0. The molecule has 4 unspecified atom stereocenters. The maximum absolute atomic E-state index is 12.9. The summed E-state index contributed by atoms with van der Waals surface area (Å²) in [5.41, 5.74) is 1.48. The van der Waals surface area contributed by atoms with Crippen LogP contribution in [-0.2, 0) is 4.74 Å². The number of aromatic nitrogens is 3. The summed E-state index contributed by atoms with van der Waals surface area (Å²) in [6, 6.07) is 17.8. The Bertz CT molecular complexity index is 1450. The van der Waals surface area contributed by atoms with Crippen LogP contribution in [0.25, 0.3) is 0 Å². The fourth-order valence-electron chi connectivity index (χ4n) is 7.61. The van der Waals surface area contributed by atoms with Crippen molar-refractivity contribution in [3.63, 3.8) is 0 Å². The molecular formula is C32H36N4O4. The Morgan fingerprint density at radius 2 is 1.62 bits per heavy atom. The fourth-order valence-corrected chi connectivity index (χ4v) is 7.61. The van der Waals surface area contributed by atoms with Crippen LogP contribution in [0.4, 0.5) is 4.79 Å². The van der Waals surface area contributed by atoms with Crippen molar-refractivity contribution >= 4 is 12.1 Å². The van der Waals surface area contributed by atoms with Crippen molar-refractivity contribution in [1.29, 1.82) is 0 Å². The summed E-state index contributed by atoms with van der Waals surface area (Å²) in [4.78, 5) is 27.2. The van der Waals surface area contributed by atoms with Gasteiger partial charge in [0.05, 0.1) is 5.56 Å². The van der Waals surface area contributed by atoms with E-state index in [1.165, 1.54) is 5.56 Å². The Kier molecular flexibility index (Phi) is 5.64. The molecule has 1 aromatic heterocycles. The van der Waals surface area contributed by atoms with Crippen molar-refractivity contribution in [2.24, 2.45) is 5.41 Å². The van der Waals surface area contributed by atoms with Crippen LogP contribution in [0, 0.1) is 12.3 Å². The molecule has 2 heterocycles. The first-order valence-electron chi connectivity index (χ1n) is 14.5. The Labute approximate surface area is 234 Å². The van der Waals surface area contributed by atoms with Gasteiger partial charge in [-0.3, -0.25) is 0 Å². The number of hydrogen-bond acceptors (Lipinski definition) is 6. The van der Waals surface area contributed by atoms with E-state index >= 15 is 0 Å². The van der Waals surface area contributed by atoms with Gasteiger partial charge in [-0.15, -0.1) is 10.2 Å². The maximum Gasteiger partial charge on any atom is 0.410 e. The van der Waals surface area contributed by atoms with Crippen molar-refractivity contribution in [3.8, 4) is 5.75 Å². The van der Waals surface area contributed by atoms with Crippen molar-refractivity contribution < 1.29 is 19.1 Å². The molecule has 0 bridgehead atoms. The zero-order valence-electron chi connectivity index (χ0n) is 23.5. The van der Waals surface area contributed by atoms with Gasteiger partial charge in [0.2, 0.25) is 0 Å². The predicted molar refractivity (Wildman–Crippen MR) is 148 cm³/mol. The molecular weight excluding hydrogens is 504 g/mol. The first-order valence-corrected chi connectivity index (χ1v) is 14.5. The van der Waals surface area contributed by atoms with E-state index in [0.29, 0.717) is 29.2 Å². The minimum atomic E-state index is -0.478. The fraction of sp³-hybridized carbons (Fsp3) is 0.500. The minimum absolute atomic E-state index is 0.162. The Morgan fingerprint density at radius 1 is 0.900 bits per heavy atom. The van der Waals surface area contributed by atoms with E-state index < -0.39 is 5.60 Å². The van der Waals surface area contributed by atoms with E-state index in [0.717, 1.165) is 43.8 Å². The van der Waals surface area contributed by atoms with E-state index in [9.17, 15) is 9.59 Å². The van der Waals surface area contributed by atoms with Gasteiger partial charge < -0.3 is 18.9 Å². The monoisotopic (exact) mass is 540 g/mol. The largest absolute Gasteiger partial charge is 0.444 e. The van der Waals surface area contributed by atoms with Gasteiger partial charge in [-0.1, -0.05) is 30.3 Å². The SMILES string of the molecule is Cc1nnc(C2CC(c3ccc(OC(=O)c4ccccc4)cc3)C2)n1C1CC2N(C(=O)OC(C)(C)C)C3CCC321. The third-order valence-corrected chi connectivity index (χ3v) is 9.71. The molecule has 4 fully saturated rings. The molecule has 4 aliphatic rings. The lowest BCUT2D eigenvalue weighted by Crippen LogP contribution is -2.86. The summed E-state index contributed by atoms with van der Waals surface area (Å²) in [6.45, 7) is 7.84. The molecule has 0 N–H and O–H groups in total. The van der Waals surface area contributed by atoms with Gasteiger partial charge in [-0.2, -0.15) is 0 Å². The number of nitrogens with zero attached hydrogens (tertiary/aromatic N) is 4. The summed E-state index contributed by atoms with van der Waals surface area (Å²) >= 11 is 0. The molecule has 7 rings (SSSR count). The van der Waals surface area contributed by atoms with Crippen LogP contribution in [0.3, 0.4) is 0 Å². The average molecular weight is 541 g/mol. The highest BCUT2D eigenvalue weighted by atomic mass is 16.6. The molecule has 2 aromatic carbocycles. The van der Waals surface area contributed by atoms with Crippen LogP contribution in [-0.4, -0.2) is 49.4 Å². The summed E-state index contributed by atoms with van der Waals surface area (Å²) in [5.74, 6) is 3.10. The number of rotatable bonds is 5. The van der Waals surface area contributed by atoms with Gasteiger partial charge in [0.1, 0.15) is 23.0 Å². The smallest absolute Gasteiger partial charge is 0.410 e. The van der Waals surface area contributed by atoms with E-state index in [4.69, 9.17) is 9.47 Å². The zero-order valence-corrected chi connectivity index (χ0v) is 23.5. The highest BCUT2D eigenvalue weighted by Gasteiger charge is 2.77. The number of hydrogen-bond donors (Lipinski definition) is 0. The molecule has 1 amide bonds. The quantitative estimate of drug-likeness (QED) is 0.284. The molecule has 208 valence electrons. The molecule has 3 aromatic rings. The van der Waals surface area contributed by atoms with E-state index in [-0.39, 0.29) is 29.6 Å². The first-order chi connectivity index (χ1) is 19.2. The lowest BCUT2D eigenvalue weighted by molar-refractivity contribution is -0.280. The molecule has 40 heavy (non-hydrogen) atoms. The Balaban J connectivity index is 0.996. The van der Waals surface area contributed by atoms with Crippen LogP contribution in [0.1, 0.15) is 98.3 Å². The summed E-state index contributed by atoms with van der Waals surface area (Å²) in [7, 11) is 0. The second kappa shape index (κ2) is 8.91. The maximum atomic E-state index is 12.9. The molecule has 1 saturated heterocycles. The van der Waals surface area contributed by atoms with Gasteiger partial charge in [-0.05, 0) is 95.5 Å². The minimum Gasteiger partial charge on any atom is -0.444 e. The zero-order chi connectivity index (χ0) is 27.8. The third-order valence-electron chi connectivity index (χ3n) is 9.71. The van der Waals surface area contributed by atoms with Gasteiger partial charge in [0.15, 0.2) is 0 Å². The van der Waals surface area contributed by atoms with E-state index in [1.54, 1.807) is 12.1 Å². The number of likely N-dealkylation sites (tertiary alicyclic amines) is 1. The summed E-state index contributed by atoms with van der Waals surface area (Å²) < 4.78 is 13.7. The van der Waals surface area contributed by atoms with Crippen molar-refractivity contribution in [3.05, 3.63) is 77.4 Å². The number of esters is 1. The number of benzene rings is 2. The summed E-state index contributed by atoms with van der Waals surface area (Å²) in [5, 5.41) is 9.17. The highest BCUT2D eigenvalue weighted by molar-refractivity contribution is 5.90. The van der Waals surface area contributed by atoms with Crippen LogP contribution < -0.4 is 4.74 Å². The lowest BCUT2D eigenvalue weighted by Gasteiger charge is -2.79. The Morgan fingerprint density at radius 3 is 2.25 bits per heavy atom. The van der Waals surface area contributed by atoms with E-state index in [2.05, 4.69) is 33.8 Å². The Hall–Kier alpha value is -3.68. The molecule has 1 spiro atoms. The van der Waals surface area contributed by atoms with E-state index in [1.807, 2.05) is 56.0 Å². The molecule has 3 saturated carbocycles. The molecule has 4 atom stereocenters. The number of amides is 1. The average Bonchev–Trinajstić information content (AvgIpc) is 3.22. The summed E-state index contributed by atoms with van der Waals surface area (Å²) in [6.07, 6.45) is 5.03. The number of piperidine rings is 2. The van der Waals surface area contributed by atoms with Gasteiger partial charge in [-0.25, -0.2) is 9.59 Å². The van der Waals surface area contributed by atoms with Crippen LogP contribution in [0.2, 0.25) is 0 Å². The second-order valence-corrected chi connectivity index (χ2v) is 13.0. The number of aryl methyl sites for hydroxylation is 1. The topological polar surface area (TPSA) is 86.6 Å². The van der Waals surface area contributed by atoms with Crippen LogP contribution in [0.15, 0.2) is 54.6 Å². The normalized spacial score (nSPS) is 30.0. The van der Waals surface area contributed by atoms with Crippen molar-refractivity contribution in [2.75, 3.05) is 0 Å². The number of ether oxygens (including phenoxy) is 2. The van der Waals surface area contributed by atoms with Crippen molar-refractivity contribution in [2.45, 2.75) is 95.4 Å². The third kappa shape index (κ3) is 3.79. The number of carbonyl (C=O) groups is 2. The lowest BCUT2D eigenvalue weighted by atomic mass is 9.40. The molecule has 8 heteroatoms. The van der Waals surface area contributed by atoms with Gasteiger partial charge >= 0.3 is 12.1 Å². The van der Waals surface area contributed by atoms with Crippen LogP contribution in [0.5, 0.6) is 5.75 Å². The first kappa shape index (κ1) is 25.3. The van der Waals surface area contributed by atoms with Crippen LogP contribution >= 0.6 is 0 Å². The van der Waals surface area contributed by atoms with Gasteiger partial charge in [0, 0.05) is 29.5 Å². The molecule has 8 nitrogen and oxygen atoms in total. The number of carbonyl (C=O) groups excluding carboxylic acids is 2. The molecule has 1 aliphatic heterocycles. The predicted octanol–water partition coefficient (Wildman–Crippen LogP) is 6.18.